The quantitative estimate of drug-likeness (QED) is 0.868. The van der Waals surface area contributed by atoms with Gasteiger partial charge in [-0.2, -0.15) is 0 Å². The van der Waals surface area contributed by atoms with E-state index >= 15 is 0 Å². The van der Waals surface area contributed by atoms with Gasteiger partial charge in [-0.1, -0.05) is 17.7 Å². The van der Waals surface area contributed by atoms with Crippen LogP contribution in [0.1, 0.15) is 29.3 Å². The summed E-state index contributed by atoms with van der Waals surface area (Å²) < 4.78 is 0. The van der Waals surface area contributed by atoms with Crippen LogP contribution in [0.25, 0.3) is 0 Å². The van der Waals surface area contributed by atoms with Crippen molar-refractivity contribution in [2.24, 2.45) is 5.92 Å². The molecule has 1 N–H and O–H groups in total. The topological polar surface area (TPSA) is 57.6 Å². The number of nitrogens with zero attached hydrogens (tertiary/aromatic N) is 1. The largest absolute Gasteiger partial charge is 0.481 e. The molecule has 1 saturated heterocycles. The fourth-order valence-corrected chi connectivity index (χ4v) is 2.42. The summed E-state index contributed by atoms with van der Waals surface area (Å²) in [6, 6.07) is 7.12. The van der Waals surface area contributed by atoms with E-state index < -0.39 is 11.9 Å². The molecule has 4 nitrogen and oxygen atoms in total. The summed E-state index contributed by atoms with van der Waals surface area (Å²) >= 11 is 0. The van der Waals surface area contributed by atoms with Crippen molar-refractivity contribution in [3.8, 4) is 0 Å². The highest BCUT2D eigenvalue weighted by Crippen LogP contribution is 2.26. The lowest BCUT2D eigenvalue weighted by Crippen LogP contribution is -2.37. The number of carboxylic acids is 1. The Morgan fingerprint density at radius 3 is 2.39 bits per heavy atom. The molecule has 1 fully saturated rings. The highest BCUT2D eigenvalue weighted by molar-refractivity contribution is 5.95. The number of hydrogen-bond donors (Lipinski definition) is 1. The van der Waals surface area contributed by atoms with E-state index in [-0.39, 0.29) is 11.9 Å². The van der Waals surface area contributed by atoms with Gasteiger partial charge in [0.15, 0.2) is 0 Å². The summed E-state index contributed by atoms with van der Waals surface area (Å²) in [5.41, 5.74) is 1.72. The van der Waals surface area contributed by atoms with Gasteiger partial charge in [-0.25, -0.2) is 0 Å². The molecule has 0 aromatic heterocycles. The van der Waals surface area contributed by atoms with E-state index in [1.165, 1.54) is 0 Å². The van der Waals surface area contributed by atoms with Gasteiger partial charge in [0.05, 0.1) is 5.92 Å². The standard InChI is InChI=1S/C14H17NO3/c1-9-3-5-11(6-4-9)13(16)15-8-7-12(10(15)2)14(17)18/h3-6,10,12H,7-8H2,1-2H3,(H,17,18). The molecule has 1 aromatic carbocycles. The monoisotopic (exact) mass is 247 g/mol. The number of likely N-dealkylation sites (tertiary alicyclic amines) is 1. The van der Waals surface area contributed by atoms with E-state index in [2.05, 4.69) is 0 Å². The maximum atomic E-state index is 12.3. The van der Waals surface area contributed by atoms with Crippen LogP contribution in [0.15, 0.2) is 24.3 Å². The number of rotatable bonds is 2. The van der Waals surface area contributed by atoms with Crippen LogP contribution >= 0.6 is 0 Å². The summed E-state index contributed by atoms with van der Waals surface area (Å²) in [5.74, 6) is -1.34. The van der Waals surface area contributed by atoms with Crippen molar-refractivity contribution in [3.05, 3.63) is 35.4 Å². The number of amides is 1. The zero-order valence-electron chi connectivity index (χ0n) is 10.6. The molecule has 1 aliphatic heterocycles. The van der Waals surface area contributed by atoms with Crippen LogP contribution in [0.2, 0.25) is 0 Å². The molecule has 1 aliphatic rings. The second-order valence-electron chi connectivity index (χ2n) is 4.84. The minimum absolute atomic E-state index is 0.0775. The van der Waals surface area contributed by atoms with Crippen molar-refractivity contribution in [1.82, 2.24) is 4.90 Å². The maximum absolute atomic E-state index is 12.3. The van der Waals surface area contributed by atoms with Gasteiger partial charge in [0.1, 0.15) is 0 Å². The first-order chi connectivity index (χ1) is 8.50. The van der Waals surface area contributed by atoms with Gasteiger partial charge in [-0.05, 0) is 32.4 Å². The lowest BCUT2D eigenvalue weighted by molar-refractivity contribution is -0.142. The van der Waals surface area contributed by atoms with Crippen molar-refractivity contribution in [2.75, 3.05) is 6.54 Å². The predicted molar refractivity (Wildman–Crippen MR) is 67.4 cm³/mol. The molecule has 0 saturated carbocycles. The normalized spacial score (nSPS) is 23.1. The van der Waals surface area contributed by atoms with Crippen molar-refractivity contribution in [1.29, 1.82) is 0 Å². The highest BCUT2D eigenvalue weighted by atomic mass is 16.4. The van der Waals surface area contributed by atoms with E-state index in [4.69, 9.17) is 5.11 Å². The fourth-order valence-electron chi connectivity index (χ4n) is 2.42. The van der Waals surface area contributed by atoms with Crippen molar-refractivity contribution in [3.63, 3.8) is 0 Å². The van der Waals surface area contributed by atoms with Gasteiger partial charge in [0.25, 0.3) is 5.91 Å². The Morgan fingerprint density at radius 1 is 1.28 bits per heavy atom. The van der Waals surface area contributed by atoms with E-state index in [1.54, 1.807) is 24.0 Å². The van der Waals surface area contributed by atoms with Gasteiger partial charge in [0, 0.05) is 18.2 Å². The first-order valence-electron chi connectivity index (χ1n) is 6.11. The molecule has 18 heavy (non-hydrogen) atoms. The number of carboxylic acid groups (broad SMARTS) is 1. The van der Waals surface area contributed by atoms with Gasteiger partial charge in [0.2, 0.25) is 0 Å². The minimum atomic E-state index is -0.818. The van der Waals surface area contributed by atoms with Crippen LogP contribution in [0, 0.1) is 12.8 Å². The maximum Gasteiger partial charge on any atom is 0.308 e. The Bertz CT molecular complexity index is 466. The second kappa shape index (κ2) is 4.80. The second-order valence-corrected chi connectivity index (χ2v) is 4.84. The highest BCUT2D eigenvalue weighted by Gasteiger charge is 2.38. The molecular weight excluding hydrogens is 230 g/mol. The average Bonchev–Trinajstić information content (AvgIpc) is 2.71. The lowest BCUT2D eigenvalue weighted by atomic mass is 10.0. The van der Waals surface area contributed by atoms with Crippen LogP contribution in [-0.2, 0) is 4.79 Å². The minimum Gasteiger partial charge on any atom is -0.481 e. The number of aliphatic carboxylic acids is 1. The third kappa shape index (κ3) is 2.23. The van der Waals surface area contributed by atoms with Gasteiger partial charge in [-0.3, -0.25) is 9.59 Å². The van der Waals surface area contributed by atoms with Crippen LogP contribution in [0.5, 0.6) is 0 Å². The summed E-state index contributed by atoms with van der Waals surface area (Å²) in [7, 11) is 0. The van der Waals surface area contributed by atoms with Crippen LogP contribution in [0.4, 0.5) is 0 Å². The van der Waals surface area contributed by atoms with E-state index in [0.29, 0.717) is 18.5 Å². The molecule has 1 heterocycles. The number of hydrogen-bond acceptors (Lipinski definition) is 2. The summed E-state index contributed by atoms with van der Waals surface area (Å²) in [6.45, 7) is 4.29. The molecule has 2 rings (SSSR count). The molecule has 0 radical (unpaired) electrons. The third-order valence-corrected chi connectivity index (χ3v) is 3.63. The Hall–Kier alpha value is -1.84. The van der Waals surface area contributed by atoms with Gasteiger partial charge < -0.3 is 10.0 Å². The zero-order chi connectivity index (χ0) is 13.3. The van der Waals surface area contributed by atoms with Crippen molar-refractivity contribution >= 4 is 11.9 Å². The first-order valence-corrected chi connectivity index (χ1v) is 6.11. The molecule has 2 atom stereocenters. The molecule has 0 spiro atoms. The van der Waals surface area contributed by atoms with E-state index in [1.807, 2.05) is 19.1 Å². The smallest absolute Gasteiger partial charge is 0.308 e. The van der Waals surface area contributed by atoms with E-state index in [9.17, 15) is 9.59 Å². The predicted octanol–water partition coefficient (Wildman–Crippen LogP) is 1.93. The Kier molecular flexibility index (Phi) is 3.36. The molecule has 0 aliphatic carbocycles. The fraction of sp³-hybridized carbons (Fsp3) is 0.429. The van der Waals surface area contributed by atoms with Crippen LogP contribution in [-0.4, -0.2) is 34.5 Å². The number of aryl methyl sites for hydroxylation is 1. The number of carbonyl (C=O) groups is 2. The van der Waals surface area contributed by atoms with Gasteiger partial charge in [-0.15, -0.1) is 0 Å². The molecule has 2 unspecified atom stereocenters. The van der Waals surface area contributed by atoms with Crippen molar-refractivity contribution < 1.29 is 14.7 Å². The Morgan fingerprint density at radius 2 is 1.89 bits per heavy atom. The molecular formula is C14H17NO3. The zero-order valence-corrected chi connectivity index (χ0v) is 10.6. The van der Waals surface area contributed by atoms with Crippen LogP contribution < -0.4 is 0 Å². The summed E-state index contributed by atoms with van der Waals surface area (Å²) in [6.07, 6.45) is 0.536. The summed E-state index contributed by atoms with van der Waals surface area (Å²) in [4.78, 5) is 24.9. The summed E-state index contributed by atoms with van der Waals surface area (Å²) in [5, 5.41) is 9.05. The average molecular weight is 247 g/mol. The number of carbonyl (C=O) groups excluding carboxylic acids is 1. The molecule has 0 bridgehead atoms. The molecule has 96 valence electrons. The van der Waals surface area contributed by atoms with Gasteiger partial charge >= 0.3 is 5.97 Å². The van der Waals surface area contributed by atoms with Crippen LogP contribution in [0.3, 0.4) is 0 Å². The Balaban J connectivity index is 2.15. The molecule has 1 aromatic rings. The molecule has 4 heteroatoms. The number of benzene rings is 1. The first kappa shape index (κ1) is 12.6. The SMILES string of the molecule is Cc1ccc(C(=O)N2CCC(C(=O)O)C2C)cc1. The van der Waals surface area contributed by atoms with Crippen molar-refractivity contribution in [2.45, 2.75) is 26.3 Å². The Labute approximate surface area is 106 Å². The van der Waals surface area contributed by atoms with E-state index in [0.717, 1.165) is 5.56 Å². The third-order valence-electron chi connectivity index (χ3n) is 3.63. The lowest BCUT2D eigenvalue weighted by Gasteiger charge is -2.23. The molecule has 1 amide bonds.